The van der Waals surface area contributed by atoms with Crippen LogP contribution in [0.25, 0.3) is 0 Å². The number of rotatable bonds is 5. The molecule has 1 fully saturated rings. The molecule has 1 aromatic carbocycles. The van der Waals surface area contributed by atoms with Gasteiger partial charge in [0.25, 0.3) is 0 Å². The van der Waals surface area contributed by atoms with Gasteiger partial charge in [0.1, 0.15) is 0 Å². The zero-order valence-electron chi connectivity index (χ0n) is 11.8. The minimum atomic E-state index is 0.717. The zero-order chi connectivity index (χ0) is 13.0. The monoisotopic (exact) mass is 263 g/mol. The van der Waals surface area contributed by atoms with Gasteiger partial charge in [0.05, 0.1) is 0 Å². The van der Waals surface area contributed by atoms with E-state index in [0.717, 1.165) is 18.5 Å². The summed E-state index contributed by atoms with van der Waals surface area (Å²) >= 11 is 2.11. The average molecular weight is 263 g/mol. The molecule has 1 aromatic rings. The molecule has 2 rings (SSSR count). The van der Waals surface area contributed by atoms with Gasteiger partial charge in [-0.15, -0.1) is 0 Å². The van der Waals surface area contributed by atoms with E-state index < -0.39 is 0 Å². The van der Waals surface area contributed by atoms with Crippen molar-refractivity contribution in [1.82, 2.24) is 5.32 Å². The van der Waals surface area contributed by atoms with E-state index in [4.69, 9.17) is 0 Å². The third kappa shape index (κ3) is 3.52. The molecule has 1 aliphatic heterocycles. The average Bonchev–Trinajstić information content (AvgIpc) is 2.79. The Bertz CT molecular complexity index is 389. The molecule has 0 aliphatic carbocycles. The Hall–Kier alpha value is -0.470. The molecule has 2 heteroatoms. The maximum absolute atomic E-state index is 3.71. The Morgan fingerprint density at radius 1 is 1.28 bits per heavy atom. The fourth-order valence-corrected chi connectivity index (χ4v) is 4.09. The lowest BCUT2D eigenvalue weighted by molar-refractivity contribution is 0.425. The van der Waals surface area contributed by atoms with Crippen LogP contribution >= 0.6 is 11.8 Å². The molecule has 18 heavy (non-hydrogen) atoms. The molecule has 1 saturated heterocycles. The summed E-state index contributed by atoms with van der Waals surface area (Å²) in [6, 6.07) is 7.57. The van der Waals surface area contributed by atoms with Crippen molar-refractivity contribution in [2.24, 2.45) is 5.92 Å². The van der Waals surface area contributed by atoms with Gasteiger partial charge in [-0.3, -0.25) is 0 Å². The van der Waals surface area contributed by atoms with Crippen LogP contribution in [0.15, 0.2) is 18.2 Å². The van der Waals surface area contributed by atoms with Crippen LogP contribution in [0.5, 0.6) is 0 Å². The predicted octanol–water partition coefficient (Wildman–Crippen LogP) is 3.58. The number of thioether (sulfide) groups is 1. The van der Waals surface area contributed by atoms with Gasteiger partial charge in [0.15, 0.2) is 0 Å². The van der Waals surface area contributed by atoms with Gasteiger partial charge in [0, 0.05) is 11.8 Å². The maximum atomic E-state index is 3.71. The highest BCUT2D eigenvalue weighted by Gasteiger charge is 2.27. The van der Waals surface area contributed by atoms with E-state index in [2.05, 4.69) is 56.0 Å². The van der Waals surface area contributed by atoms with Crippen LogP contribution in [-0.4, -0.2) is 24.1 Å². The molecule has 0 bridgehead atoms. The molecule has 1 N–H and O–H groups in total. The molecule has 0 amide bonds. The highest BCUT2D eigenvalue weighted by Crippen LogP contribution is 2.28. The predicted molar refractivity (Wildman–Crippen MR) is 82.5 cm³/mol. The van der Waals surface area contributed by atoms with Gasteiger partial charge < -0.3 is 5.32 Å². The van der Waals surface area contributed by atoms with E-state index in [1.807, 2.05) is 0 Å². The molecule has 100 valence electrons. The minimum absolute atomic E-state index is 0.717. The molecule has 0 aromatic heterocycles. The first-order chi connectivity index (χ1) is 8.70. The standard InChI is InChI=1S/C16H25NS/c1-4-7-17-16-11-18-10-15(16)9-14-8-12(2)5-6-13(14)3/h5-6,8,15-17H,4,7,9-11H2,1-3H3. The molecule has 0 spiro atoms. The lowest BCUT2D eigenvalue weighted by Gasteiger charge is -2.21. The van der Waals surface area contributed by atoms with E-state index in [1.54, 1.807) is 5.56 Å². The Labute approximate surface area is 116 Å². The third-order valence-electron chi connectivity index (χ3n) is 3.84. The van der Waals surface area contributed by atoms with Gasteiger partial charge in [0.2, 0.25) is 0 Å². The highest BCUT2D eigenvalue weighted by molar-refractivity contribution is 7.99. The summed E-state index contributed by atoms with van der Waals surface area (Å²) in [5.41, 5.74) is 4.39. The lowest BCUT2D eigenvalue weighted by Crippen LogP contribution is -2.36. The molecule has 1 aliphatic rings. The van der Waals surface area contributed by atoms with E-state index in [9.17, 15) is 0 Å². The first kappa shape index (κ1) is 14.0. The Morgan fingerprint density at radius 3 is 2.89 bits per heavy atom. The first-order valence-electron chi connectivity index (χ1n) is 7.08. The lowest BCUT2D eigenvalue weighted by atomic mass is 9.91. The second-order valence-electron chi connectivity index (χ2n) is 5.49. The fourth-order valence-electron chi connectivity index (χ4n) is 2.66. The number of nitrogens with one attached hydrogen (secondary N) is 1. The molecular weight excluding hydrogens is 238 g/mol. The molecule has 2 atom stereocenters. The van der Waals surface area contributed by atoms with Crippen molar-refractivity contribution in [3.63, 3.8) is 0 Å². The maximum Gasteiger partial charge on any atom is 0.0197 e. The normalized spacial score (nSPS) is 23.5. The Kier molecular flexibility index (Phi) is 5.13. The van der Waals surface area contributed by atoms with Gasteiger partial charge in [-0.25, -0.2) is 0 Å². The molecule has 2 unspecified atom stereocenters. The number of benzene rings is 1. The van der Waals surface area contributed by atoms with Crippen molar-refractivity contribution in [3.8, 4) is 0 Å². The summed E-state index contributed by atoms with van der Waals surface area (Å²) in [7, 11) is 0. The number of hydrogen-bond donors (Lipinski definition) is 1. The quantitative estimate of drug-likeness (QED) is 0.871. The largest absolute Gasteiger partial charge is 0.313 e. The van der Waals surface area contributed by atoms with Crippen LogP contribution in [0.4, 0.5) is 0 Å². The second kappa shape index (κ2) is 6.63. The van der Waals surface area contributed by atoms with Crippen molar-refractivity contribution >= 4 is 11.8 Å². The summed E-state index contributed by atoms with van der Waals surface area (Å²) in [6.45, 7) is 7.84. The van der Waals surface area contributed by atoms with Crippen LogP contribution in [-0.2, 0) is 6.42 Å². The first-order valence-corrected chi connectivity index (χ1v) is 8.23. The Balaban J connectivity index is 2.01. The summed E-state index contributed by atoms with van der Waals surface area (Å²) in [5, 5.41) is 3.71. The van der Waals surface area contributed by atoms with Gasteiger partial charge in [-0.2, -0.15) is 11.8 Å². The van der Waals surface area contributed by atoms with Crippen molar-refractivity contribution < 1.29 is 0 Å². The van der Waals surface area contributed by atoms with E-state index >= 15 is 0 Å². The summed E-state index contributed by atoms with van der Waals surface area (Å²) < 4.78 is 0. The smallest absolute Gasteiger partial charge is 0.0197 e. The Morgan fingerprint density at radius 2 is 2.11 bits per heavy atom. The third-order valence-corrected chi connectivity index (χ3v) is 5.10. The van der Waals surface area contributed by atoms with E-state index in [0.29, 0.717) is 0 Å². The SMILES string of the molecule is CCCNC1CSCC1Cc1cc(C)ccc1C. The summed E-state index contributed by atoms with van der Waals surface area (Å²) in [6.07, 6.45) is 2.47. The van der Waals surface area contributed by atoms with Gasteiger partial charge in [-0.1, -0.05) is 30.7 Å². The highest BCUT2D eigenvalue weighted by atomic mass is 32.2. The van der Waals surface area contributed by atoms with Crippen molar-refractivity contribution in [3.05, 3.63) is 34.9 Å². The van der Waals surface area contributed by atoms with Crippen LogP contribution in [0.2, 0.25) is 0 Å². The molecule has 0 saturated carbocycles. The molecule has 1 nitrogen and oxygen atoms in total. The van der Waals surface area contributed by atoms with Gasteiger partial charge >= 0.3 is 0 Å². The van der Waals surface area contributed by atoms with Crippen molar-refractivity contribution in [2.45, 2.75) is 39.7 Å². The van der Waals surface area contributed by atoms with Crippen LogP contribution in [0, 0.1) is 19.8 Å². The topological polar surface area (TPSA) is 12.0 Å². The molecule has 1 heterocycles. The summed E-state index contributed by atoms with van der Waals surface area (Å²) in [4.78, 5) is 0. The van der Waals surface area contributed by atoms with Crippen LogP contribution in [0.3, 0.4) is 0 Å². The second-order valence-corrected chi connectivity index (χ2v) is 6.57. The van der Waals surface area contributed by atoms with Gasteiger partial charge in [-0.05, 0) is 56.0 Å². The van der Waals surface area contributed by atoms with Crippen molar-refractivity contribution in [2.75, 3.05) is 18.1 Å². The number of hydrogen-bond acceptors (Lipinski definition) is 2. The fraction of sp³-hybridized carbons (Fsp3) is 0.625. The van der Waals surface area contributed by atoms with E-state index in [-0.39, 0.29) is 0 Å². The van der Waals surface area contributed by atoms with E-state index in [1.165, 1.54) is 35.5 Å². The van der Waals surface area contributed by atoms with Crippen molar-refractivity contribution in [1.29, 1.82) is 0 Å². The summed E-state index contributed by atoms with van der Waals surface area (Å²) in [5.74, 6) is 3.41. The van der Waals surface area contributed by atoms with Crippen LogP contribution < -0.4 is 5.32 Å². The molecular formula is C16H25NS. The minimum Gasteiger partial charge on any atom is -0.313 e. The molecule has 0 radical (unpaired) electrons. The van der Waals surface area contributed by atoms with Crippen LogP contribution in [0.1, 0.15) is 30.0 Å². The zero-order valence-corrected chi connectivity index (χ0v) is 12.6. The number of aryl methyl sites for hydroxylation is 2.